The number of hydrogen-bond acceptors (Lipinski definition) is 3. The minimum Gasteiger partial charge on any atom is -0.466 e. The summed E-state index contributed by atoms with van der Waals surface area (Å²) < 4.78 is 5.10. The molecule has 1 aromatic rings. The van der Waals surface area contributed by atoms with Gasteiger partial charge in [-0.3, -0.25) is 9.59 Å². The lowest BCUT2D eigenvalue weighted by atomic mass is 9.96. The zero-order chi connectivity index (χ0) is 18.2. The number of piperidine rings is 1. The molecule has 5 nitrogen and oxygen atoms in total. The average Bonchev–Trinajstić information content (AvgIpc) is 2.62. The van der Waals surface area contributed by atoms with Gasteiger partial charge in [-0.05, 0) is 30.9 Å². The third-order valence-electron chi connectivity index (χ3n) is 5.10. The van der Waals surface area contributed by atoms with E-state index in [2.05, 4.69) is 25.2 Å². The molecule has 0 saturated carbocycles. The highest BCUT2D eigenvalue weighted by atomic mass is 16.5. The minimum atomic E-state index is -0.0894. The number of nitrogens with one attached hydrogen (secondary N) is 2. The van der Waals surface area contributed by atoms with Gasteiger partial charge >= 0.3 is 5.97 Å². The first-order chi connectivity index (χ1) is 12.0. The van der Waals surface area contributed by atoms with E-state index in [1.54, 1.807) is 0 Å². The van der Waals surface area contributed by atoms with Gasteiger partial charge in [-0.25, -0.2) is 0 Å². The molecule has 138 valence electrons. The van der Waals surface area contributed by atoms with Crippen molar-refractivity contribution in [2.45, 2.75) is 46.0 Å². The molecule has 0 aliphatic carbocycles. The van der Waals surface area contributed by atoms with E-state index in [0.717, 1.165) is 38.0 Å². The molecule has 1 aliphatic heterocycles. The van der Waals surface area contributed by atoms with Crippen LogP contribution in [0.1, 0.15) is 51.5 Å². The Labute approximate surface area is 150 Å². The smallest absolute Gasteiger partial charge is 0.309 e. The van der Waals surface area contributed by atoms with Crippen LogP contribution >= 0.6 is 0 Å². The molecule has 1 atom stereocenters. The Balaban J connectivity index is 1.85. The van der Waals surface area contributed by atoms with Crippen molar-refractivity contribution in [2.75, 3.05) is 31.6 Å². The van der Waals surface area contributed by atoms with Gasteiger partial charge < -0.3 is 15.0 Å². The molecule has 1 aromatic carbocycles. The van der Waals surface area contributed by atoms with Gasteiger partial charge in [0, 0.05) is 18.5 Å². The second-order valence-electron chi connectivity index (χ2n) is 6.90. The quantitative estimate of drug-likeness (QED) is 0.742. The Morgan fingerprint density at radius 3 is 2.56 bits per heavy atom. The molecule has 1 amide bonds. The molecule has 2 rings (SSSR count). The largest absolute Gasteiger partial charge is 0.466 e. The third-order valence-corrected chi connectivity index (χ3v) is 5.10. The van der Waals surface area contributed by atoms with Crippen LogP contribution < -0.4 is 10.2 Å². The minimum absolute atomic E-state index is 0.00195. The van der Waals surface area contributed by atoms with Gasteiger partial charge in [-0.1, -0.05) is 32.0 Å². The van der Waals surface area contributed by atoms with E-state index in [4.69, 9.17) is 4.74 Å². The number of carbonyl (C=O) groups is 2. The number of benzene rings is 1. The Morgan fingerprint density at radius 1 is 1.24 bits per heavy atom. The average molecular weight is 347 g/mol. The summed E-state index contributed by atoms with van der Waals surface area (Å²) in [7, 11) is 0. The van der Waals surface area contributed by atoms with Crippen molar-refractivity contribution < 1.29 is 19.2 Å². The number of anilines is 1. The maximum Gasteiger partial charge on any atom is 0.309 e. The molecule has 1 fully saturated rings. The lowest BCUT2D eigenvalue weighted by Crippen LogP contribution is -3.14. The van der Waals surface area contributed by atoms with Gasteiger partial charge in [-0.2, -0.15) is 0 Å². The number of hydrogen-bond donors (Lipinski definition) is 2. The van der Waals surface area contributed by atoms with Crippen LogP contribution in [-0.4, -0.2) is 38.1 Å². The number of quaternary nitrogens is 1. The zero-order valence-electron chi connectivity index (χ0n) is 15.6. The fourth-order valence-electron chi connectivity index (χ4n) is 3.38. The molecule has 0 aromatic heterocycles. The van der Waals surface area contributed by atoms with E-state index < -0.39 is 0 Å². The molecule has 2 N–H and O–H groups in total. The summed E-state index contributed by atoms with van der Waals surface area (Å²) in [6.45, 7) is 8.72. The molecule has 25 heavy (non-hydrogen) atoms. The van der Waals surface area contributed by atoms with Crippen molar-refractivity contribution >= 4 is 17.6 Å². The van der Waals surface area contributed by atoms with Gasteiger partial charge in [-0.15, -0.1) is 0 Å². The molecule has 0 bridgehead atoms. The fraction of sp³-hybridized carbons (Fsp3) is 0.600. The van der Waals surface area contributed by atoms with Gasteiger partial charge in [0.15, 0.2) is 6.54 Å². The Hall–Kier alpha value is -1.88. The molecule has 1 aliphatic rings. The number of amides is 1. The lowest BCUT2D eigenvalue weighted by molar-refractivity contribution is -0.897. The highest BCUT2D eigenvalue weighted by Crippen LogP contribution is 2.26. The third kappa shape index (κ3) is 5.56. The maximum atomic E-state index is 12.4. The maximum absolute atomic E-state index is 12.4. The monoisotopic (exact) mass is 347 g/mol. The normalized spacial score (nSPS) is 21.4. The van der Waals surface area contributed by atoms with Gasteiger partial charge in [0.2, 0.25) is 0 Å². The highest BCUT2D eigenvalue weighted by molar-refractivity contribution is 5.92. The first kappa shape index (κ1) is 19.4. The van der Waals surface area contributed by atoms with E-state index in [-0.39, 0.29) is 17.8 Å². The number of carbonyl (C=O) groups excluding carboxylic acids is 2. The summed E-state index contributed by atoms with van der Waals surface area (Å²) in [6, 6.07) is 8.03. The molecule has 0 unspecified atom stereocenters. The molecule has 1 heterocycles. The first-order valence-electron chi connectivity index (χ1n) is 9.44. The van der Waals surface area contributed by atoms with Gasteiger partial charge in [0.25, 0.3) is 5.91 Å². The van der Waals surface area contributed by atoms with Crippen LogP contribution in [0.4, 0.5) is 5.69 Å². The van der Waals surface area contributed by atoms with Crippen LogP contribution in [0.25, 0.3) is 0 Å². The van der Waals surface area contributed by atoms with E-state index in [1.165, 1.54) is 10.5 Å². The SMILES string of the molecule is CCOC(=O)C1CC[NH+](CC(=O)Nc2ccccc2[C@@H](C)CC)CC1. The van der Waals surface area contributed by atoms with E-state index in [9.17, 15) is 9.59 Å². The molecule has 0 radical (unpaired) electrons. The Morgan fingerprint density at radius 2 is 1.92 bits per heavy atom. The predicted molar refractivity (Wildman–Crippen MR) is 98.7 cm³/mol. The van der Waals surface area contributed by atoms with Crippen LogP contribution in [0.2, 0.25) is 0 Å². The summed E-state index contributed by atoms with van der Waals surface area (Å²) in [5.74, 6) is 0.371. The molecular weight excluding hydrogens is 316 g/mol. The predicted octanol–water partition coefficient (Wildman–Crippen LogP) is 2.00. The lowest BCUT2D eigenvalue weighted by Gasteiger charge is -2.27. The van der Waals surface area contributed by atoms with Gasteiger partial charge in [0.1, 0.15) is 0 Å². The molecule has 5 heteroatoms. The fourth-order valence-corrected chi connectivity index (χ4v) is 3.38. The number of para-hydroxylation sites is 1. The molecule has 0 spiro atoms. The summed E-state index contributed by atoms with van der Waals surface area (Å²) in [5.41, 5.74) is 2.11. The van der Waals surface area contributed by atoms with Crippen LogP contribution in [0.5, 0.6) is 0 Å². The standard InChI is InChI=1S/C20H30N2O3/c1-4-15(3)17-8-6-7-9-18(17)21-19(23)14-22-12-10-16(11-13-22)20(24)25-5-2/h6-9,15-16H,4-5,10-14H2,1-3H3,(H,21,23)/p+1/t15-/m0/s1. The zero-order valence-corrected chi connectivity index (χ0v) is 15.6. The number of ether oxygens (including phenoxy) is 1. The number of esters is 1. The second kappa shape index (κ2) is 9.56. The van der Waals surface area contributed by atoms with E-state index >= 15 is 0 Å². The first-order valence-corrected chi connectivity index (χ1v) is 9.44. The second-order valence-corrected chi connectivity index (χ2v) is 6.90. The Bertz CT molecular complexity index is 580. The number of likely N-dealkylation sites (tertiary alicyclic amines) is 1. The van der Waals surface area contributed by atoms with E-state index in [0.29, 0.717) is 19.1 Å². The van der Waals surface area contributed by atoms with Crippen molar-refractivity contribution in [3.63, 3.8) is 0 Å². The molecule has 1 saturated heterocycles. The van der Waals surface area contributed by atoms with Crippen LogP contribution in [0.15, 0.2) is 24.3 Å². The topological polar surface area (TPSA) is 59.8 Å². The van der Waals surface area contributed by atoms with E-state index in [1.807, 2.05) is 25.1 Å². The van der Waals surface area contributed by atoms with Gasteiger partial charge in [0.05, 0.1) is 25.6 Å². The summed E-state index contributed by atoms with van der Waals surface area (Å²) in [5, 5.41) is 3.08. The van der Waals surface area contributed by atoms with Crippen LogP contribution in [0, 0.1) is 5.92 Å². The van der Waals surface area contributed by atoms with Crippen LogP contribution in [0.3, 0.4) is 0 Å². The summed E-state index contributed by atoms with van der Waals surface area (Å²) >= 11 is 0. The highest BCUT2D eigenvalue weighted by Gasteiger charge is 2.29. The van der Waals surface area contributed by atoms with Crippen molar-refractivity contribution in [1.29, 1.82) is 0 Å². The Kier molecular flexibility index (Phi) is 7.44. The van der Waals surface area contributed by atoms with Crippen molar-refractivity contribution in [1.82, 2.24) is 0 Å². The summed E-state index contributed by atoms with van der Waals surface area (Å²) in [6.07, 6.45) is 2.63. The van der Waals surface area contributed by atoms with Crippen LogP contribution in [-0.2, 0) is 14.3 Å². The molecular formula is C20H31N2O3+. The van der Waals surface area contributed by atoms with Crippen molar-refractivity contribution in [2.24, 2.45) is 5.92 Å². The summed E-state index contributed by atoms with van der Waals surface area (Å²) in [4.78, 5) is 25.5. The van der Waals surface area contributed by atoms with Crippen molar-refractivity contribution in [3.05, 3.63) is 29.8 Å². The number of rotatable bonds is 7. The van der Waals surface area contributed by atoms with Crippen molar-refractivity contribution in [3.8, 4) is 0 Å².